The van der Waals surface area contributed by atoms with E-state index in [0.717, 1.165) is 0 Å². The lowest BCUT2D eigenvalue weighted by atomic mass is 9.98. The number of carbonyl (C=O) groups is 2. The van der Waals surface area contributed by atoms with Gasteiger partial charge >= 0.3 is 0 Å². The van der Waals surface area contributed by atoms with Crippen LogP contribution in [0.15, 0.2) is 53.4 Å². The number of rotatable bonds is 7. The molecule has 2 amide bonds. The smallest absolute Gasteiger partial charge is 0.246 e. The number of carbonyl (C=O) groups excluding carboxylic acids is 2. The minimum Gasteiger partial charge on any atom is -0.497 e. The summed E-state index contributed by atoms with van der Waals surface area (Å²) in [6, 6.07) is 12.0. The molecule has 1 saturated heterocycles. The second-order valence-corrected chi connectivity index (χ2v) is 9.98. The number of hydrogen-bond donors (Lipinski definition) is 2. The van der Waals surface area contributed by atoms with Crippen molar-refractivity contribution in [3.8, 4) is 5.75 Å². The van der Waals surface area contributed by atoms with Gasteiger partial charge in [0.15, 0.2) is 0 Å². The van der Waals surface area contributed by atoms with Crippen molar-refractivity contribution in [1.82, 2.24) is 9.62 Å². The molecular weight excluding hydrogens is 454 g/mol. The van der Waals surface area contributed by atoms with Crippen molar-refractivity contribution in [2.45, 2.75) is 30.7 Å². The van der Waals surface area contributed by atoms with Gasteiger partial charge in [-0.05, 0) is 68.3 Å². The Morgan fingerprint density at radius 1 is 1.12 bits per heavy atom. The van der Waals surface area contributed by atoms with Gasteiger partial charge in [0.05, 0.1) is 17.9 Å². The first kappa shape index (κ1) is 24.0. The summed E-state index contributed by atoms with van der Waals surface area (Å²) < 4.78 is 32.4. The van der Waals surface area contributed by atoms with E-state index in [2.05, 4.69) is 10.6 Å². The summed E-state index contributed by atoms with van der Waals surface area (Å²) in [6.07, 6.45) is 1.10. The van der Waals surface area contributed by atoms with Crippen LogP contribution in [0.2, 0.25) is 5.02 Å². The van der Waals surface area contributed by atoms with Gasteiger partial charge in [0.25, 0.3) is 0 Å². The first-order valence-corrected chi connectivity index (χ1v) is 12.0. The minimum absolute atomic E-state index is 0.0612. The third kappa shape index (κ3) is 5.79. The highest BCUT2D eigenvalue weighted by molar-refractivity contribution is 7.89. The molecule has 2 aromatic carbocycles. The zero-order valence-electron chi connectivity index (χ0n) is 17.9. The number of nitrogens with zero attached hydrogens (tertiary/aromatic N) is 1. The summed E-state index contributed by atoms with van der Waals surface area (Å²) in [5, 5.41) is 5.96. The van der Waals surface area contributed by atoms with Crippen molar-refractivity contribution >= 4 is 39.1 Å². The Labute approximate surface area is 192 Å². The normalized spacial score (nSPS) is 17.9. The molecular formula is C22H26ClN3O5S. The SMILES string of the molecule is COc1ccc(S(=O)(=O)N2CCCC(C(=O)N[C@H](C)C(=O)Nc3ccc(Cl)cc3)C2)cc1. The number of nitrogens with one attached hydrogen (secondary N) is 2. The van der Waals surface area contributed by atoms with Crippen LogP contribution in [0.5, 0.6) is 5.75 Å². The largest absolute Gasteiger partial charge is 0.497 e. The molecule has 0 radical (unpaired) electrons. The summed E-state index contributed by atoms with van der Waals surface area (Å²) in [7, 11) is -2.23. The van der Waals surface area contributed by atoms with Crippen molar-refractivity contribution in [2.24, 2.45) is 5.92 Å². The summed E-state index contributed by atoms with van der Waals surface area (Å²) >= 11 is 5.84. The third-order valence-electron chi connectivity index (χ3n) is 5.32. The van der Waals surface area contributed by atoms with E-state index in [0.29, 0.717) is 35.8 Å². The van der Waals surface area contributed by atoms with E-state index in [1.807, 2.05) is 0 Å². The monoisotopic (exact) mass is 479 g/mol. The lowest BCUT2D eigenvalue weighted by Crippen LogP contribution is -2.49. The predicted octanol–water partition coefficient (Wildman–Crippen LogP) is 2.89. The van der Waals surface area contributed by atoms with Crippen LogP contribution in [-0.4, -0.2) is 50.8 Å². The van der Waals surface area contributed by atoms with Crippen molar-refractivity contribution in [1.29, 1.82) is 0 Å². The minimum atomic E-state index is -3.73. The molecule has 10 heteroatoms. The van der Waals surface area contributed by atoms with E-state index in [4.69, 9.17) is 16.3 Å². The molecule has 0 aromatic heterocycles. The van der Waals surface area contributed by atoms with Crippen molar-refractivity contribution in [3.05, 3.63) is 53.6 Å². The standard InChI is InChI=1S/C22H26ClN3O5S/c1-15(21(27)25-18-7-5-17(23)6-8-18)24-22(28)16-4-3-13-26(14-16)32(29,30)20-11-9-19(31-2)10-12-20/h5-12,15-16H,3-4,13-14H2,1-2H3,(H,24,28)(H,25,27)/t15-,16?/m1/s1. The first-order chi connectivity index (χ1) is 15.2. The highest BCUT2D eigenvalue weighted by Gasteiger charge is 2.34. The van der Waals surface area contributed by atoms with Gasteiger partial charge in [-0.25, -0.2) is 8.42 Å². The Balaban J connectivity index is 1.60. The van der Waals surface area contributed by atoms with Gasteiger partial charge < -0.3 is 15.4 Å². The van der Waals surface area contributed by atoms with Crippen LogP contribution >= 0.6 is 11.6 Å². The molecule has 0 bridgehead atoms. The van der Waals surface area contributed by atoms with Crippen molar-refractivity contribution in [3.63, 3.8) is 0 Å². The quantitative estimate of drug-likeness (QED) is 0.635. The van der Waals surface area contributed by atoms with Gasteiger partial charge in [0, 0.05) is 23.8 Å². The van der Waals surface area contributed by atoms with Gasteiger partial charge in [-0.2, -0.15) is 4.31 Å². The van der Waals surface area contributed by atoms with E-state index >= 15 is 0 Å². The average molecular weight is 480 g/mol. The highest BCUT2D eigenvalue weighted by atomic mass is 35.5. The second kappa shape index (κ2) is 10.3. The molecule has 172 valence electrons. The number of halogens is 1. The van der Waals surface area contributed by atoms with E-state index in [1.165, 1.54) is 23.5 Å². The van der Waals surface area contributed by atoms with Crippen LogP contribution in [0.3, 0.4) is 0 Å². The van der Waals surface area contributed by atoms with Crippen LogP contribution in [0.25, 0.3) is 0 Å². The van der Waals surface area contributed by atoms with Crippen LogP contribution in [-0.2, 0) is 19.6 Å². The zero-order chi connectivity index (χ0) is 23.3. The van der Waals surface area contributed by atoms with Crippen molar-refractivity contribution < 1.29 is 22.7 Å². The highest BCUT2D eigenvalue weighted by Crippen LogP contribution is 2.25. The first-order valence-electron chi connectivity index (χ1n) is 10.2. The Kier molecular flexibility index (Phi) is 7.76. The molecule has 0 spiro atoms. The van der Waals surface area contributed by atoms with Gasteiger partial charge in [-0.1, -0.05) is 11.6 Å². The molecule has 2 N–H and O–H groups in total. The molecule has 1 fully saturated rings. The maximum absolute atomic E-state index is 13.0. The maximum Gasteiger partial charge on any atom is 0.246 e. The molecule has 1 unspecified atom stereocenters. The number of piperidine rings is 1. The Hall–Kier alpha value is -2.62. The Morgan fingerprint density at radius 2 is 1.78 bits per heavy atom. The molecule has 32 heavy (non-hydrogen) atoms. The Bertz CT molecular complexity index is 1060. The van der Waals surface area contributed by atoms with Gasteiger partial charge in [-0.15, -0.1) is 0 Å². The van der Waals surface area contributed by atoms with Gasteiger partial charge in [0.2, 0.25) is 21.8 Å². The number of sulfonamides is 1. The number of anilines is 1. The van der Waals surface area contributed by atoms with E-state index in [-0.39, 0.29) is 23.3 Å². The molecule has 1 heterocycles. The predicted molar refractivity (Wildman–Crippen MR) is 122 cm³/mol. The molecule has 1 aliphatic heterocycles. The van der Waals surface area contributed by atoms with Gasteiger partial charge in [0.1, 0.15) is 11.8 Å². The second-order valence-electron chi connectivity index (χ2n) is 7.60. The molecule has 1 aliphatic rings. The average Bonchev–Trinajstić information content (AvgIpc) is 2.80. The summed E-state index contributed by atoms with van der Waals surface area (Å²) in [4.78, 5) is 25.3. The van der Waals surface area contributed by atoms with Crippen LogP contribution in [0.4, 0.5) is 5.69 Å². The molecule has 8 nitrogen and oxygen atoms in total. The molecule has 2 aromatic rings. The molecule has 3 rings (SSSR count). The summed E-state index contributed by atoms with van der Waals surface area (Å²) in [5.74, 6) is -0.703. The summed E-state index contributed by atoms with van der Waals surface area (Å²) in [6.45, 7) is 1.98. The number of benzene rings is 2. The van der Waals surface area contributed by atoms with E-state index < -0.39 is 22.0 Å². The fourth-order valence-corrected chi connectivity index (χ4v) is 5.10. The number of hydrogen-bond acceptors (Lipinski definition) is 5. The molecule has 0 aliphatic carbocycles. The van der Waals surface area contributed by atoms with Crippen LogP contribution in [0, 0.1) is 5.92 Å². The third-order valence-corrected chi connectivity index (χ3v) is 7.45. The van der Waals surface area contributed by atoms with Crippen LogP contribution < -0.4 is 15.4 Å². The fraction of sp³-hybridized carbons (Fsp3) is 0.364. The van der Waals surface area contributed by atoms with Gasteiger partial charge in [-0.3, -0.25) is 9.59 Å². The number of amides is 2. The van der Waals surface area contributed by atoms with E-state index in [9.17, 15) is 18.0 Å². The topological polar surface area (TPSA) is 105 Å². The number of ether oxygens (including phenoxy) is 1. The van der Waals surface area contributed by atoms with Crippen LogP contribution in [0.1, 0.15) is 19.8 Å². The zero-order valence-corrected chi connectivity index (χ0v) is 19.4. The lowest BCUT2D eigenvalue weighted by molar-refractivity contribution is -0.129. The fourth-order valence-electron chi connectivity index (χ4n) is 3.45. The molecule has 2 atom stereocenters. The Morgan fingerprint density at radius 3 is 2.41 bits per heavy atom. The van der Waals surface area contributed by atoms with E-state index in [1.54, 1.807) is 43.3 Å². The lowest BCUT2D eigenvalue weighted by Gasteiger charge is -2.31. The summed E-state index contributed by atoms with van der Waals surface area (Å²) in [5.41, 5.74) is 0.565. The molecule has 0 saturated carbocycles. The number of methoxy groups -OCH3 is 1. The maximum atomic E-state index is 13.0. The van der Waals surface area contributed by atoms with Crippen molar-refractivity contribution in [2.75, 3.05) is 25.5 Å².